The summed E-state index contributed by atoms with van der Waals surface area (Å²) in [6.45, 7) is 0. The predicted molar refractivity (Wildman–Crippen MR) is 66.8 cm³/mol. The van der Waals surface area contributed by atoms with E-state index in [-0.39, 0.29) is 11.5 Å². The topological polar surface area (TPSA) is 116 Å². The molecule has 0 spiro atoms. The summed E-state index contributed by atoms with van der Waals surface area (Å²) in [5.74, 6) is 0.0586. The van der Waals surface area contributed by atoms with Gasteiger partial charge in [-0.1, -0.05) is 0 Å². The molecular weight excluding hydrogens is 250 g/mol. The standard InChI is InChI=1S/C11H11N5O3/c1-18-8-4-2-7(3-5-8)6-13-14-11(17)9-10(12)16-19-15-9/h2-6H,1H3,(H2,12,16)(H,14,17)/b13-6-. The van der Waals surface area contributed by atoms with Crippen molar-refractivity contribution in [2.75, 3.05) is 12.8 Å². The maximum absolute atomic E-state index is 11.5. The van der Waals surface area contributed by atoms with Crippen molar-refractivity contribution < 1.29 is 14.2 Å². The van der Waals surface area contributed by atoms with Gasteiger partial charge in [0, 0.05) is 0 Å². The Bertz CT molecular complexity index is 591. The van der Waals surface area contributed by atoms with Gasteiger partial charge in [-0.05, 0) is 40.1 Å². The highest BCUT2D eigenvalue weighted by Gasteiger charge is 2.14. The Morgan fingerprint density at radius 3 is 2.74 bits per heavy atom. The Balaban J connectivity index is 1.96. The van der Waals surface area contributed by atoms with Gasteiger partial charge in [-0.15, -0.1) is 0 Å². The lowest BCUT2D eigenvalue weighted by molar-refractivity contribution is 0.0946. The summed E-state index contributed by atoms with van der Waals surface area (Å²) in [6.07, 6.45) is 1.47. The average molecular weight is 261 g/mol. The molecule has 1 heterocycles. The van der Waals surface area contributed by atoms with E-state index in [9.17, 15) is 4.79 Å². The van der Waals surface area contributed by atoms with Gasteiger partial charge < -0.3 is 10.5 Å². The largest absolute Gasteiger partial charge is 0.497 e. The van der Waals surface area contributed by atoms with Crippen LogP contribution in [0.4, 0.5) is 5.82 Å². The zero-order valence-corrected chi connectivity index (χ0v) is 10.0. The lowest BCUT2D eigenvalue weighted by Gasteiger charge is -1.99. The van der Waals surface area contributed by atoms with E-state index < -0.39 is 5.91 Å². The first-order valence-electron chi connectivity index (χ1n) is 5.26. The Morgan fingerprint density at radius 1 is 1.42 bits per heavy atom. The molecule has 19 heavy (non-hydrogen) atoms. The van der Waals surface area contributed by atoms with Gasteiger partial charge in [-0.3, -0.25) is 4.79 Å². The molecule has 1 aromatic heterocycles. The number of methoxy groups -OCH3 is 1. The second kappa shape index (κ2) is 5.63. The molecule has 0 unspecified atom stereocenters. The van der Waals surface area contributed by atoms with Crippen LogP contribution in [0.15, 0.2) is 34.0 Å². The highest BCUT2D eigenvalue weighted by atomic mass is 16.6. The normalized spacial score (nSPS) is 10.6. The molecular formula is C11H11N5O3. The van der Waals surface area contributed by atoms with Crippen molar-refractivity contribution in [3.8, 4) is 5.75 Å². The van der Waals surface area contributed by atoms with E-state index in [1.807, 2.05) is 0 Å². The third kappa shape index (κ3) is 3.06. The fourth-order valence-corrected chi connectivity index (χ4v) is 1.26. The number of nitrogens with two attached hydrogens (primary N) is 1. The summed E-state index contributed by atoms with van der Waals surface area (Å²) in [5.41, 5.74) is 8.32. The predicted octanol–water partition coefficient (Wildman–Crippen LogP) is 0.424. The van der Waals surface area contributed by atoms with Gasteiger partial charge in [-0.2, -0.15) is 5.10 Å². The van der Waals surface area contributed by atoms with Gasteiger partial charge in [0.15, 0.2) is 0 Å². The van der Waals surface area contributed by atoms with Crippen molar-refractivity contribution in [3.05, 3.63) is 35.5 Å². The van der Waals surface area contributed by atoms with E-state index in [2.05, 4.69) is 25.5 Å². The molecule has 0 radical (unpaired) electrons. The fourth-order valence-electron chi connectivity index (χ4n) is 1.26. The number of nitrogens with one attached hydrogen (secondary N) is 1. The average Bonchev–Trinajstić information content (AvgIpc) is 2.86. The molecule has 0 fully saturated rings. The van der Waals surface area contributed by atoms with Crippen LogP contribution in [0.2, 0.25) is 0 Å². The van der Waals surface area contributed by atoms with E-state index in [4.69, 9.17) is 10.5 Å². The second-order valence-electron chi connectivity index (χ2n) is 3.47. The van der Waals surface area contributed by atoms with Crippen molar-refractivity contribution in [3.63, 3.8) is 0 Å². The number of hydrogen-bond donors (Lipinski definition) is 2. The summed E-state index contributed by atoms with van der Waals surface area (Å²) in [6, 6.07) is 7.15. The SMILES string of the molecule is COc1ccc(/C=N\NC(=O)c2nonc2N)cc1. The molecule has 3 N–H and O–H groups in total. The van der Waals surface area contributed by atoms with Crippen molar-refractivity contribution in [1.82, 2.24) is 15.7 Å². The van der Waals surface area contributed by atoms with Crippen LogP contribution in [0, 0.1) is 0 Å². The Hall–Kier alpha value is -2.90. The summed E-state index contributed by atoms with van der Waals surface area (Å²) in [4.78, 5) is 11.5. The molecule has 0 aliphatic rings. The van der Waals surface area contributed by atoms with Crippen LogP contribution < -0.4 is 15.9 Å². The van der Waals surface area contributed by atoms with Gasteiger partial charge in [-0.25, -0.2) is 10.1 Å². The van der Waals surface area contributed by atoms with Gasteiger partial charge in [0.05, 0.1) is 13.3 Å². The molecule has 0 aliphatic heterocycles. The van der Waals surface area contributed by atoms with Gasteiger partial charge in [0.25, 0.3) is 5.91 Å². The number of rotatable bonds is 4. The molecule has 0 atom stereocenters. The van der Waals surface area contributed by atoms with E-state index in [1.54, 1.807) is 31.4 Å². The van der Waals surface area contributed by atoms with Gasteiger partial charge in [0.1, 0.15) is 5.75 Å². The summed E-state index contributed by atoms with van der Waals surface area (Å²) in [5, 5.41) is 10.4. The molecule has 1 amide bonds. The maximum atomic E-state index is 11.5. The van der Waals surface area contributed by atoms with Crippen LogP contribution >= 0.6 is 0 Å². The Labute approximate surface area is 108 Å². The van der Waals surface area contributed by atoms with Crippen molar-refractivity contribution in [1.29, 1.82) is 0 Å². The minimum absolute atomic E-state index is 0.0860. The van der Waals surface area contributed by atoms with E-state index in [0.717, 1.165) is 11.3 Å². The number of aromatic nitrogens is 2. The third-order valence-corrected chi connectivity index (χ3v) is 2.22. The summed E-state index contributed by atoms with van der Waals surface area (Å²) < 4.78 is 9.33. The van der Waals surface area contributed by atoms with Crippen LogP contribution in [-0.2, 0) is 0 Å². The third-order valence-electron chi connectivity index (χ3n) is 2.22. The zero-order chi connectivity index (χ0) is 13.7. The number of hydrogen-bond acceptors (Lipinski definition) is 7. The molecule has 0 bridgehead atoms. The molecule has 2 aromatic rings. The minimum atomic E-state index is -0.594. The number of hydrazone groups is 1. The number of carbonyl (C=O) groups excluding carboxylic acids is 1. The van der Waals surface area contributed by atoms with Crippen LogP contribution in [-0.4, -0.2) is 29.5 Å². The first-order valence-corrected chi connectivity index (χ1v) is 5.26. The van der Waals surface area contributed by atoms with Gasteiger partial charge in [0.2, 0.25) is 11.5 Å². The zero-order valence-electron chi connectivity index (χ0n) is 10.0. The number of nitrogen functional groups attached to an aromatic ring is 1. The van der Waals surface area contributed by atoms with Crippen LogP contribution in [0.3, 0.4) is 0 Å². The molecule has 0 saturated carbocycles. The molecule has 98 valence electrons. The van der Waals surface area contributed by atoms with Crippen molar-refractivity contribution in [2.24, 2.45) is 5.10 Å². The molecule has 8 heteroatoms. The first kappa shape index (κ1) is 12.6. The highest BCUT2D eigenvalue weighted by Crippen LogP contribution is 2.09. The lowest BCUT2D eigenvalue weighted by atomic mass is 10.2. The number of nitrogens with zero attached hydrogens (tertiary/aromatic N) is 3. The molecule has 0 aliphatic carbocycles. The molecule has 8 nitrogen and oxygen atoms in total. The van der Waals surface area contributed by atoms with E-state index >= 15 is 0 Å². The highest BCUT2D eigenvalue weighted by molar-refractivity contribution is 5.96. The first-order chi connectivity index (χ1) is 9.20. The summed E-state index contributed by atoms with van der Waals surface area (Å²) >= 11 is 0. The summed E-state index contributed by atoms with van der Waals surface area (Å²) in [7, 11) is 1.58. The maximum Gasteiger partial charge on any atom is 0.297 e. The van der Waals surface area contributed by atoms with E-state index in [1.165, 1.54) is 6.21 Å². The fraction of sp³-hybridized carbons (Fsp3) is 0.0909. The van der Waals surface area contributed by atoms with Crippen LogP contribution in [0.5, 0.6) is 5.75 Å². The Morgan fingerprint density at radius 2 is 2.16 bits per heavy atom. The van der Waals surface area contributed by atoms with Gasteiger partial charge >= 0.3 is 0 Å². The number of ether oxygens (including phenoxy) is 1. The number of benzene rings is 1. The minimum Gasteiger partial charge on any atom is -0.497 e. The molecule has 1 aromatic carbocycles. The number of carbonyl (C=O) groups is 1. The molecule has 2 rings (SSSR count). The lowest BCUT2D eigenvalue weighted by Crippen LogP contribution is -2.19. The van der Waals surface area contributed by atoms with Crippen molar-refractivity contribution >= 4 is 17.9 Å². The number of amides is 1. The Kier molecular flexibility index (Phi) is 3.72. The van der Waals surface area contributed by atoms with Crippen LogP contribution in [0.1, 0.15) is 16.1 Å². The van der Waals surface area contributed by atoms with E-state index in [0.29, 0.717) is 0 Å². The number of anilines is 1. The smallest absolute Gasteiger partial charge is 0.297 e. The molecule has 0 saturated heterocycles. The second-order valence-corrected chi connectivity index (χ2v) is 3.47. The van der Waals surface area contributed by atoms with Crippen LogP contribution in [0.25, 0.3) is 0 Å². The monoisotopic (exact) mass is 261 g/mol. The van der Waals surface area contributed by atoms with Crippen molar-refractivity contribution in [2.45, 2.75) is 0 Å². The quantitative estimate of drug-likeness (QED) is 0.608.